The third kappa shape index (κ3) is 4.90. The Kier molecular flexibility index (Phi) is 6.45. The molecule has 3 aromatic carbocycles. The van der Waals surface area contributed by atoms with Gasteiger partial charge in [0.05, 0.1) is 5.92 Å². The molecule has 33 heavy (non-hydrogen) atoms. The number of aryl methyl sites for hydroxylation is 1. The summed E-state index contributed by atoms with van der Waals surface area (Å²) in [4.78, 5) is 12.3. The van der Waals surface area contributed by atoms with E-state index < -0.39 is 11.9 Å². The quantitative estimate of drug-likeness (QED) is 0.382. The van der Waals surface area contributed by atoms with Gasteiger partial charge in [0.15, 0.2) is 6.61 Å². The number of rotatable bonds is 5. The van der Waals surface area contributed by atoms with Crippen molar-refractivity contribution < 1.29 is 19.0 Å². The number of hydrogen-bond donors (Lipinski definition) is 1. The van der Waals surface area contributed by atoms with E-state index in [-0.39, 0.29) is 23.8 Å². The molecule has 1 aliphatic heterocycles. The van der Waals surface area contributed by atoms with E-state index in [1.54, 1.807) is 54.6 Å². The Bertz CT molecular complexity index is 1310. The third-order valence-electron chi connectivity index (χ3n) is 5.09. The van der Waals surface area contributed by atoms with Gasteiger partial charge in [0.25, 0.3) is 0 Å². The lowest BCUT2D eigenvalue weighted by molar-refractivity contribution is -0.136. The van der Waals surface area contributed by atoms with Crippen molar-refractivity contribution in [1.82, 2.24) is 0 Å². The second kappa shape index (κ2) is 9.45. The van der Waals surface area contributed by atoms with Crippen molar-refractivity contribution >= 4 is 29.2 Å². The number of carbonyl (C=O) groups is 1. The van der Waals surface area contributed by atoms with E-state index in [9.17, 15) is 10.1 Å². The van der Waals surface area contributed by atoms with Crippen LogP contribution in [0.2, 0.25) is 10.0 Å². The van der Waals surface area contributed by atoms with Crippen molar-refractivity contribution in [2.75, 3.05) is 6.61 Å². The van der Waals surface area contributed by atoms with Crippen LogP contribution in [0.3, 0.4) is 0 Å². The molecule has 0 amide bonds. The Labute approximate surface area is 200 Å². The van der Waals surface area contributed by atoms with E-state index in [2.05, 4.69) is 6.07 Å². The molecule has 0 bridgehead atoms. The van der Waals surface area contributed by atoms with Gasteiger partial charge in [-0.05, 0) is 54.4 Å². The number of esters is 1. The first-order chi connectivity index (χ1) is 15.9. The molecule has 1 atom stereocenters. The average molecular weight is 481 g/mol. The van der Waals surface area contributed by atoms with E-state index in [1.807, 2.05) is 13.0 Å². The van der Waals surface area contributed by atoms with Gasteiger partial charge < -0.3 is 19.9 Å². The highest BCUT2D eigenvalue weighted by atomic mass is 35.5. The zero-order valence-electron chi connectivity index (χ0n) is 17.5. The van der Waals surface area contributed by atoms with Crippen molar-refractivity contribution in [3.8, 4) is 23.3 Å². The Morgan fingerprint density at radius 3 is 2.64 bits per heavy atom. The van der Waals surface area contributed by atoms with E-state index in [4.69, 9.17) is 43.1 Å². The molecule has 6 nitrogen and oxygen atoms in total. The largest absolute Gasteiger partial charge is 0.482 e. The second-order valence-electron chi connectivity index (χ2n) is 7.35. The number of carbonyl (C=O) groups excluding carboxylic acids is 1. The summed E-state index contributed by atoms with van der Waals surface area (Å²) in [7, 11) is 0. The lowest BCUT2D eigenvalue weighted by Gasteiger charge is -2.26. The first kappa shape index (κ1) is 22.5. The molecule has 1 heterocycles. The van der Waals surface area contributed by atoms with Gasteiger partial charge in [0, 0.05) is 21.7 Å². The first-order valence-corrected chi connectivity index (χ1v) is 10.7. The molecular weight excluding hydrogens is 463 g/mol. The Hall–Kier alpha value is -3.66. The molecule has 0 fully saturated rings. The van der Waals surface area contributed by atoms with Gasteiger partial charge in [-0.2, -0.15) is 5.26 Å². The zero-order chi connectivity index (χ0) is 23.5. The fraction of sp³-hybridized carbons (Fsp3) is 0.120. The van der Waals surface area contributed by atoms with Crippen LogP contribution in [-0.4, -0.2) is 12.6 Å². The van der Waals surface area contributed by atoms with Crippen LogP contribution in [0.25, 0.3) is 0 Å². The second-order valence-corrected chi connectivity index (χ2v) is 8.22. The topological polar surface area (TPSA) is 94.6 Å². The molecule has 0 aliphatic carbocycles. The van der Waals surface area contributed by atoms with Crippen molar-refractivity contribution in [3.63, 3.8) is 0 Å². The van der Waals surface area contributed by atoms with Gasteiger partial charge in [-0.15, -0.1) is 0 Å². The molecule has 0 spiro atoms. The van der Waals surface area contributed by atoms with E-state index in [1.165, 1.54) is 0 Å². The van der Waals surface area contributed by atoms with Crippen LogP contribution in [-0.2, 0) is 4.79 Å². The van der Waals surface area contributed by atoms with Crippen molar-refractivity contribution in [3.05, 3.63) is 98.9 Å². The number of nitrogens with two attached hydrogens (primary N) is 1. The van der Waals surface area contributed by atoms with Crippen molar-refractivity contribution in [2.24, 2.45) is 5.73 Å². The minimum Gasteiger partial charge on any atom is -0.482 e. The minimum absolute atomic E-state index is 0.0139. The minimum atomic E-state index is -0.590. The predicted molar refractivity (Wildman–Crippen MR) is 125 cm³/mol. The Morgan fingerprint density at radius 2 is 1.91 bits per heavy atom. The maximum Gasteiger partial charge on any atom is 0.349 e. The Balaban J connectivity index is 1.54. The molecule has 8 heteroatoms. The summed E-state index contributed by atoms with van der Waals surface area (Å²) < 4.78 is 16.6. The highest BCUT2D eigenvalue weighted by Crippen LogP contribution is 2.43. The molecule has 3 aromatic rings. The van der Waals surface area contributed by atoms with E-state index in [0.717, 1.165) is 11.1 Å². The van der Waals surface area contributed by atoms with E-state index in [0.29, 0.717) is 27.1 Å². The molecular formula is C25H18Cl2N2O4. The van der Waals surface area contributed by atoms with Crippen LogP contribution in [0, 0.1) is 18.3 Å². The number of halogens is 2. The van der Waals surface area contributed by atoms with Gasteiger partial charge in [-0.1, -0.05) is 41.4 Å². The number of nitriles is 1. The van der Waals surface area contributed by atoms with E-state index >= 15 is 0 Å². The molecule has 4 rings (SSSR count). The highest BCUT2D eigenvalue weighted by Gasteiger charge is 2.31. The van der Waals surface area contributed by atoms with Gasteiger partial charge in [-0.3, -0.25) is 0 Å². The average Bonchev–Trinajstić information content (AvgIpc) is 2.77. The molecule has 166 valence electrons. The molecule has 0 saturated carbocycles. The fourth-order valence-corrected chi connectivity index (χ4v) is 4.03. The van der Waals surface area contributed by atoms with Crippen LogP contribution in [0.4, 0.5) is 0 Å². The predicted octanol–water partition coefficient (Wildman–Crippen LogP) is 5.50. The third-order valence-corrected chi connectivity index (χ3v) is 5.56. The van der Waals surface area contributed by atoms with Gasteiger partial charge in [-0.25, -0.2) is 4.79 Å². The summed E-state index contributed by atoms with van der Waals surface area (Å²) in [6.07, 6.45) is 0. The van der Waals surface area contributed by atoms with Gasteiger partial charge >= 0.3 is 5.97 Å². The molecule has 0 saturated heterocycles. The number of hydrogen-bond acceptors (Lipinski definition) is 6. The molecule has 0 aromatic heterocycles. The lowest BCUT2D eigenvalue weighted by atomic mass is 9.83. The summed E-state index contributed by atoms with van der Waals surface area (Å²) >= 11 is 12.1. The van der Waals surface area contributed by atoms with Gasteiger partial charge in [0.1, 0.15) is 28.9 Å². The highest BCUT2D eigenvalue weighted by molar-refractivity contribution is 6.30. The lowest BCUT2D eigenvalue weighted by Crippen LogP contribution is -2.21. The Morgan fingerprint density at radius 1 is 1.12 bits per heavy atom. The fourth-order valence-electron chi connectivity index (χ4n) is 3.60. The first-order valence-electron chi connectivity index (χ1n) is 9.92. The zero-order valence-corrected chi connectivity index (χ0v) is 19.0. The molecule has 0 radical (unpaired) electrons. The number of nitrogens with zero attached hydrogens (tertiary/aromatic N) is 1. The number of benzene rings is 3. The standard InChI is InChI=1S/C25H18Cl2N2O4/c1-14-9-17(27)5-8-21(14)31-13-23(30)32-18-6-7-19-22(11-18)33-25(29)20(12-28)24(19)15-3-2-4-16(26)10-15/h2-11,24H,13,29H2,1H3. The van der Waals surface area contributed by atoms with Crippen LogP contribution >= 0.6 is 23.2 Å². The van der Waals surface area contributed by atoms with Crippen molar-refractivity contribution in [1.29, 1.82) is 5.26 Å². The molecule has 2 N–H and O–H groups in total. The summed E-state index contributed by atoms with van der Waals surface area (Å²) in [6, 6.07) is 19.3. The summed E-state index contributed by atoms with van der Waals surface area (Å²) in [6.45, 7) is 1.54. The smallest absolute Gasteiger partial charge is 0.349 e. The molecule has 1 aliphatic rings. The van der Waals surface area contributed by atoms with Gasteiger partial charge in [0.2, 0.25) is 5.88 Å². The van der Waals surface area contributed by atoms with Crippen LogP contribution in [0.1, 0.15) is 22.6 Å². The normalized spacial score (nSPS) is 14.7. The number of allylic oxidation sites excluding steroid dienone is 1. The molecule has 1 unspecified atom stereocenters. The summed E-state index contributed by atoms with van der Waals surface area (Å²) in [5.74, 6) is 0.118. The van der Waals surface area contributed by atoms with Crippen LogP contribution in [0.5, 0.6) is 17.2 Å². The SMILES string of the molecule is Cc1cc(Cl)ccc1OCC(=O)Oc1ccc2c(c1)OC(N)=C(C#N)C2c1cccc(Cl)c1. The van der Waals surface area contributed by atoms with Crippen molar-refractivity contribution in [2.45, 2.75) is 12.8 Å². The summed E-state index contributed by atoms with van der Waals surface area (Å²) in [5.41, 5.74) is 8.61. The number of fused-ring (bicyclic) bond motifs is 1. The summed E-state index contributed by atoms with van der Waals surface area (Å²) in [5, 5.41) is 10.8. The number of ether oxygens (including phenoxy) is 3. The van der Waals surface area contributed by atoms with Crippen LogP contribution < -0.4 is 19.9 Å². The maximum absolute atomic E-state index is 12.3. The maximum atomic E-state index is 12.3. The van der Waals surface area contributed by atoms with Crippen LogP contribution in [0.15, 0.2) is 72.1 Å². The monoisotopic (exact) mass is 480 g/mol.